The number of hydrogen-bond donors (Lipinski definition) is 1. The zero-order valence-corrected chi connectivity index (χ0v) is 19.3. The van der Waals surface area contributed by atoms with E-state index in [0.717, 1.165) is 12.0 Å². The second-order valence-electron chi connectivity index (χ2n) is 7.28. The Labute approximate surface area is 188 Å². The highest BCUT2D eigenvalue weighted by Gasteiger charge is 2.27. The largest absolute Gasteiger partial charge is 0.497 e. The van der Waals surface area contributed by atoms with Crippen molar-refractivity contribution in [2.45, 2.75) is 52.2 Å². The van der Waals surface area contributed by atoms with Gasteiger partial charge in [-0.2, -0.15) is 0 Å². The van der Waals surface area contributed by atoms with Crippen LogP contribution in [0.1, 0.15) is 38.3 Å². The van der Waals surface area contributed by atoms with Gasteiger partial charge in [0.25, 0.3) is 0 Å². The van der Waals surface area contributed by atoms with Crippen LogP contribution in [-0.4, -0.2) is 35.9 Å². The molecule has 2 unspecified atom stereocenters. The maximum Gasteiger partial charge on any atom is 0.242 e. The highest BCUT2D eigenvalue weighted by Crippen LogP contribution is 2.23. The summed E-state index contributed by atoms with van der Waals surface area (Å²) in [6, 6.07) is 11.9. The Morgan fingerprint density at radius 1 is 1.13 bits per heavy atom. The van der Waals surface area contributed by atoms with Crippen molar-refractivity contribution >= 4 is 35.0 Å². The van der Waals surface area contributed by atoms with Crippen LogP contribution in [0.5, 0.6) is 5.75 Å². The predicted octanol–water partition coefficient (Wildman–Crippen LogP) is 4.88. The summed E-state index contributed by atoms with van der Waals surface area (Å²) in [5, 5.41) is 3.88. The van der Waals surface area contributed by atoms with Crippen LogP contribution in [0.4, 0.5) is 0 Å². The van der Waals surface area contributed by atoms with Crippen molar-refractivity contribution in [3.63, 3.8) is 0 Å². The predicted molar refractivity (Wildman–Crippen MR) is 121 cm³/mol. The minimum Gasteiger partial charge on any atom is -0.497 e. The number of nitrogens with one attached hydrogen (secondary N) is 1. The Hall–Kier alpha value is -2.24. The number of carbonyl (C=O) groups excluding carboxylic acids is 2. The van der Waals surface area contributed by atoms with Crippen molar-refractivity contribution in [1.29, 1.82) is 0 Å². The molecule has 30 heavy (non-hydrogen) atoms. The van der Waals surface area contributed by atoms with Crippen LogP contribution in [0, 0.1) is 0 Å². The number of methoxy groups -OCH3 is 1. The van der Waals surface area contributed by atoms with E-state index < -0.39 is 6.04 Å². The van der Waals surface area contributed by atoms with Gasteiger partial charge in [-0.3, -0.25) is 9.59 Å². The molecule has 0 aliphatic carbocycles. The monoisotopic (exact) mass is 450 g/mol. The summed E-state index contributed by atoms with van der Waals surface area (Å²) in [5.41, 5.74) is 1.53. The average Bonchev–Trinajstić information content (AvgIpc) is 2.73. The molecule has 2 aromatic rings. The van der Waals surface area contributed by atoms with Gasteiger partial charge >= 0.3 is 0 Å². The minimum atomic E-state index is -0.649. The number of ether oxygens (including phenoxy) is 1. The lowest BCUT2D eigenvalue weighted by molar-refractivity contribution is -0.140. The Balaban J connectivity index is 2.28. The lowest BCUT2D eigenvalue weighted by Gasteiger charge is -2.30. The molecule has 0 saturated heterocycles. The number of halogens is 2. The molecule has 0 aliphatic heterocycles. The van der Waals surface area contributed by atoms with Crippen LogP contribution in [0.15, 0.2) is 42.5 Å². The highest BCUT2D eigenvalue weighted by molar-refractivity contribution is 6.35. The van der Waals surface area contributed by atoms with Crippen molar-refractivity contribution in [3.05, 3.63) is 63.6 Å². The number of rotatable bonds is 9. The number of carbonyl (C=O) groups is 2. The summed E-state index contributed by atoms with van der Waals surface area (Å²) < 4.78 is 5.28. The minimum absolute atomic E-state index is 0.0273. The number of hydrogen-bond acceptors (Lipinski definition) is 3. The lowest BCUT2D eigenvalue weighted by Crippen LogP contribution is -2.49. The van der Waals surface area contributed by atoms with E-state index in [0.29, 0.717) is 21.4 Å². The molecule has 0 aromatic heterocycles. The molecule has 0 aliphatic rings. The third kappa shape index (κ3) is 6.64. The number of benzene rings is 2. The van der Waals surface area contributed by atoms with Crippen LogP contribution in [0.25, 0.3) is 0 Å². The van der Waals surface area contributed by atoms with Crippen LogP contribution in [0.3, 0.4) is 0 Å². The van der Waals surface area contributed by atoms with Gasteiger partial charge in [0.1, 0.15) is 11.8 Å². The Morgan fingerprint density at radius 3 is 2.50 bits per heavy atom. The van der Waals surface area contributed by atoms with Crippen molar-refractivity contribution < 1.29 is 14.3 Å². The first kappa shape index (κ1) is 24.0. The van der Waals surface area contributed by atoms with Crippen LogP contribution in [0.2, 0.25) is 10.0 Å². The fraction of sp³-hybridized carbons (Fsp3) is 0.391. The van der Waals surface area contributed by atoms with Gasteiger partial charge in [0.15, 0.2) is 0 Å². The van der Waals surface area contributed by atoms with Crippen molar-refractivity contribution in [3.8, 4) is 5.75 Å². The molecule has 7 heteroatoms. The topological polar surface area (TPSA) is 58.6 Å². The molecule has 0 saturated carbocycles. The van der Waals surface area contributed by atoms with E-state index in [2.05, 4.69) is 5.32 Å². The summed E-state index contributed by atoms with van der Waals surface area (Å²) in [4.78, 5) is 27.6. The normalized spacial score (nSPS) is 12.7. The molecule has 2 aromatic carbocycles. The Kier molecular flexibility index (Phi) is 9.00. The van der Waals surface area contributed by atoms with Crippen molar-refractivity contribution in [1.82, 2.24) is 10.2 Å². The summed E-state index contributed by atoms with van der Waals surface area (Å²) in [7, 11) is 1.59. The molecule has 1 N–H and O–H groups in total. The molecule has 5 nitrogen and oxygen atoms in total. The summed E-state index contributed by atoms with van der Waals surface area (Å²) >= 11 is 12.2. The van der Waals surface area contributed by atoms with Gasteiger partial charge < -0.3 is 15.0 Å². The maximum atomic E-state index is 13.2. The van der Waals surface area contributed by atoms with Crippen molar-refractivity contribution in [2.24, 2.45) is 0 Å². The van der Waals surface area contributed by atoms with E-state index in [1.54, 1.807) is 37.1 Å². The Morgan fingerprint density at radius 2 is 1.87 bits per heavy atom. The molecule has 0 heterocycles. The molecule has 162 valence electrons. The van der Waals surface area contributed by atoms with E-state index in [4.69, 9.17) is 27.9 Å². The molecule has 2 amide bonds. The molecule has 0 fully saturated rings. The van der Waals surface area contributed by atoms with Gasteiger partial charge in [-0.15, -0.1) is 0 Å². The molecule has 2 rings (SSSR count). The van der Waals surface area contributed by atoms with Crippen molar-refractivity contribution in [2.75, 3.05) is 7.11 Å². The zero-order valence-electron chi connectivity index (χ0n) is 17.7. The quantitative estimate of drug-likeness (QED) is 0.592. The molecule has 0 bridgehead atoms. The third-order valence-corrected chi connectivity index (χ3v) is 5.60. The first-order valence-electron chi connectivity index (χ1n) is 9.91. The van der Waals surface area contributed by atoms with E-state index >= 15 is 0 Å². The van der Waals surface area contributed by atoms with E-state index in [1.165, 1.54) is 0 Å². The maximum absolute atomic E-state index is 13.2. The zero-order chi connectivity index (χ0) is 22.3. The third-order valence-electron chi connectivity index (χ3n) is 5.01. The fourth-order valence-electron chi connectivity index (χ4n) is 2.95. The second-order valence-corrected chi connectivity index (χ2v) is 8.12. The summed E-state index contributed by atoms with van der Waals surface area (Å²) in [6.07, 6.45) is 0.879. The molecule has 0 spiro atoms. The molecular weight excluding hydrogens is 423 g/mol. The van der Waals surface area contributed by atoms with E-state index in [1.807, 2.05) is 38.1 Å². The van der Waals surface area contributed by atoms with Crippen LogP contribution < -0.4 is 10.1 Å². The Bertz CT molecular complexity index is 889. The smallest absolute Gasteiger partial charge is 0.242 e. The van der Waals surface area contributed by atoms with Gasteiger partial charge in [-0.25, -0.2) is 0 Å². The summed E-state index contributed by atoms with van der Waals surface area (Å²) in [5.74, 6) is 0.300. The van der Waals surface area contributed by atoms with Gasteiger partial charge in [0.05, 0.1) is 13.5 Å². The first-order valence-corrected chi connectivity index (χ1v) is 10.7. The number of amides is 2. The second kappa shape index (κ2) is 11.2. The van der Waals surface area contributed by atoms with Gasteiger partial charge in [-0.1, -0.05) is 48.3 Å². The van der Waals surface area contributed by atoms with Crippen LogP contribution in [-0.2, 0) is 22.6 Å². The molecule has 0 radical (unpaired) electrons. The fourth-order valence-corrected chi connectivity index (χ4v) is 3.42. The highest BCUT2D eigenvalue weighted by atomic mass is 35.5. The average molecular weight is 451 g/mol. The summed E-state index contributed by atoms with van der Waals surface area (Å²) in [6.45, 7) is 5.94. The van der Waals surface area contributed by atoms with Gasteiger partial charge in [-0.05, 0) is 55.7 Å². The molecular formula is C23H28Cl2N2O3. The van der Waals surface area contributed by atoms with Gasteiger partial charge in [0.2, 0.25) is 11.8 Å². The van der Waals surface area contributed by atoms with Gasteiger partial charge in [0, 0.05) is 22.6 Å². The standard InChI is InChI=1S/C23H28Cl2N2O3/c1-5-15(2)26-23(29)16(3)27(14-17-7-6-8-20(11-17)30-4)22(28)12-18-9-10-19(24)13-21(18)25/h6-11,13,15-16H,5,12,14H2,1-4H3,(H,26,29). The lowest BCUT2D eigenvalue weighted by atomic mass is 10.1. The first-order chi connectivity index (χ1) is 14.2. The van der Waals surface area contributed by atoms with E-state index in [-0.39, 0.29) is 30.8 Å². The van der Waals surface area contributed by atoms with E-state index in [9.17, 15) is 9.59 Å². The molecule has 2 atom stereocenters. The number of nitrogens with zero attached hydrogens (tertiary/aromatic N) is 1. The SMILES string of the molecule is CCC(C)NC(=O)C(C)N(Cc1cccc(OC)c1)C(=O)Cc1ccc(Cl)cc1Cl. The van der Waals surface area contributed by atoms with Crippen LogP contribution >= 0.6 is 23.2 Å².